The summed E-state index contributed by atoms with van der Waals surface area (Å²) in [5, 5.41) is 0. The van der Waals surface area contributed by atoms with Gasteiger partial charge in [-0.2, -0.15) is 0 Å². The maximum Gasteiger partial charge on any atom is 0.0716 e. The van der Waals surface area contributed by atoms with Gasteiger partial charge in [-0.05, 0) is 74.8 Å². The Balaban J connectivity index is 1.66. The van der Waals surface area contributed by atoms with Crippen molar-refractivity contribution in [2.24, 2.45) is 11.8 Å². The monoisotopic (exact) mass is 314 g/mol. The molecule has 0 aliphatic heterocycles. The standard InChI is InChI=1S/C22H34O/c1-3-5-17-23-18-22-15-13-21(14-16-22)12-11-20-9-7-19(6-4-2)8-10-20/h4,6,13-16,19-20H,3,5,7-12,17-18H2,1-2H3. The molecule has 1 fully saturated rings. The highest BCUT2D eigenvalue weighted by molar-refractivity contribution is 5.22. The molecule has 0 N–H and O–H groups in total. The van der Waals surface area contributed by atoms with Crippen LogP contribution in [0.15, 0.2) is 36.4 Å². The zero-order valence-electron chi connectivity index (χ0n) is 15.1. The van der Waals surface area contributed by atoms with E-state index in [1.807, 2.05) is 0 Å². The Labute approximate surface area is 143 Å². The smallest absolute Gasteiger partial charge is 0.0716 e. The number of benzene rings is 1. The first-order chi connectivity index (χ1) is 11.3. The third-order valence-corrected chi connectivity index (χ3v) is 5.13. The molecule has 0 bridgehead atoms. The third kappa shape index (κ3) is 6.91. The summed E-state index contributed by atoms with van der Waals surface area (Å²) < 4.78 is 5.68. The molecule has 1 nitrogen and oxygen atoms in total. The van der Waals surface area contributed by atoms with Crippen LogP contribution >= 0.6 is 0 Å². The molecule has 1 heteroatoms. The third-order valence-electron chi connectivity index (χ3n) is 5.13. The highest BCUT2D eigenvalue weighted by Crippen LogP contribution is 2.32. The molecule has 1 aliphatic rings. The van der Waals surface area contributed by atoms with Gasteiger partial charge in [0.15, 0.2) is 0 Å². The average Bonchev–Trinajstić information content (AvgIpc) is 2.59. The maximum absolute atomic E-state index is 5.68. The second-order valence-electron chi connectivity index (χ2n) is 7.07. The van der Waals surface area contributed by atoms with E-state index in [0.29, 0.717) is 0 Å². The Hall–Kier alpha value is -1.08. The van der Waals surface area contributed by atoms with Crippen LogP contribution in [0.4, 0.5) is 0 Å². The van der Waals surface area contributed by atoms with Crippen LogP contribution in [0.25, 0.3) is 0 Å². The molecule has 0 aromatic heterocycles. The Bertz CT molecular complexity index is 438. The molecule has 23 heavy (non-hydrogen) atoms. The number of allylic oxidation sites excluding steroid dienone is 2. The highest BCUT2D eigenvalue weighted by Gasteiger charge is 2.18. The van der Waals surface area contributed by atoms with Crippen molar-refractivity contribution in [3.63, 3.8) is 0 Å². The molecule has 1 saturated carbocycles. The minimum absolute atomic E-state index is 0.759. The van der Waals surface area contributed by atoms with E-state index < -0.39 is 0 Å². The van der Waals surface area contributed by atoms with E-state index in [-0.39, 0.29) is 0 Å². The number of rotatable bonds is 9. The predicted molar refractivity (Wildman–Crippen MR) is 99.6 cm³/mol. The predicted octanol–water partition coefficient (Wildman–Crippen LogP) is 6.32. The van der Waals surface area contributed by atoms with Crippen LogP contribution in [0.2, 0.25) is 0 Å². The van der Waals surface area contributed by atoms with Crippen LogP contribution in [0, 0.1) is 11.8 Å². The number of hydrogen-bond donors (Lipinski definition) is 0. The molecule has 0 radical (unpaired) electrons. The van der Waals surface area contributed by atoms with Gasteiger partial charge in [0.1, 0.15) is 0 Å². The molecule has 0 heterocycles. The van der Waals surface area contributed by atoms with Crippen LogP contribution in [0.3, 0.4) is 0 Å². The van der Waals surface area contributed by atoms with Crippen molar-refractivity contribution in [3.8, 4) is 0 Å². The minimum atomic E-state index is 0.759. The maximum atomic E-state index is 5.68. The van der Waals surface area contributed by atoms with E-state index in [1.54, 1.807) is 0 Å². The Morgan fingerprint density at radius 2 is 1.74 bits per heavy atom. The summed E-state index contributed by atoms with van der Waals surface area (Å²) >= 11 is 0. The second kappa shape index (κ2) is 10.6. The summed E-state index contributed by atoms with van der Waals surface area (Å²) in [4.78, 5) is 0. The first kappa shape index (κ1) is 18.3. The van der Waals surface area contributed by atoms with Crippen LogP contribution in [0.5, 0.6) is 0 Å². The molecule has 0 spiro atoms. The lowest BCUT2D eigenvalue weighted by atomic mass is 9.79. The Morgan fingerprint density at radius 1 is 1.04 bits per heavy atom. The lowest BCUT2D eigenvalue weighted by Gasteiger charge is -2.26. The SMILES string of the molecule is CC=CC1CCC(CCc2ccc(COCCCC)cc2)CC1. The van der Waals surface area contributed by atoms with Gasteiger partial charge < -0.3 is 4.74 Å². The summed E-state index contributed by atoms with van der Waals surface area (Å²) in [6, 6.07) is 9.07. The lowest BCUT2D eigenvalue weighted by molar-refractivity contribution is 0.118. The molecule has 0 saturated heterocycles. The fourth-order valence-electron chi connectivity index (χ4n) is 3.55. The normalized spacial score (nSPS) is 21.8. The van der Waals surface area contributed by atoms with Crippen molar-refractivity contribution in [2.75, 3.05) is 6.61 Å². The van der Waals surface area contributed by atoms with Gasteiger partial charge in [-0.3, -0.25) is 0 Å². The van der Waals surface area contributed by atoms with Gasteiger partial charge in [-0.25, -0.2) is 0 Å². The van der Waals surface area contributed by atoms with Crippen molar-refractivity contribution >= 4 is 0 Å². The summed E-state index contributed by atoms with van der Waals surface area (Å²) in [6.45, 7) is 5.99. The first-order valence-electron chi connectivity index (χ1n) is 9.60. The zero-order valence-corrected chi connectivity index (χ0v) is 15.1. The van der Waals surface area contributed by atoms with Gasteiger partial charge in [-0.15, -0.1) is 0 Å². The van der Waals surface area contributed by atoms with Crippen LogP contribution < -0.4 is 0 Å². The molecule has 0 amide bonds. The zero-order chi connectivity index (χ0) is 16.3. The lowest BCUT2D eigenvalue weighted by Crippen LogP contribution is -2.13. The van der Waals surface area contributed by atoms with Crippen molar-refractivity contribution in [1.82, 2.24) is 0 Å². The van der Waals surface area contributed by atoms with Crippen molar-refractivity contribution in [2.45, 2.75) is 71.8 Å². The molecular weight excluding hydrogens is 280 g/mol. The molecule has 128 valence electrons. The van der Waals surface area contributed by atoms with Gasteiger partial charge in [0, 0.05) is 6.61 Å². The topological polar surface area (TPSA) is 9.23 Å². The average molecular weight is 315 g/mol. The van der Waals surface area contributed by atoms with Crippen molar-refractivity contribution in [1.29, 1.82) is 0 Å². The fourth-order valence-corrected chi connectivity index (χ4v) is 3.55. The second-order valence-corrected chi connectivity index (χ2v) is 7.07. The quantitative estimate of drug-likeness (QED) is 0.383. The summed E-state index contributed by atoms with van der Waals surface area (Å²) in [5.41, 5.74) is 2.79. The molecule has 0 unspecified atom stereocenters. The summed E-state index contributed by atoms with van der Waals surface area (Å²) in [7, 11) is 0. The molecular formula is C22H34O. The number of aryl methyl sites for hydroxylation is 1. The van der Waals surface area contributed by atoms with Crippen LogP contribution in [0.1, 0.15) is 69.9 Å². The molecule has 1 aromatic carbocycles. The summed E-state index contributed by atoms with van der Waals surface area (Å²) in [5.74, 6) is 1.79. The van der Waals surface area contributed by atoms with E-state index >= 15 is 0 Å². The molecule has 2 rings (SSSR count). The fraction of sp³-hybridized carbons (Fsp3) is 0.636. The molecule has 1 aliphatic carbocycles. The van der Waals surface area contributed by atoms with Crippen LogP contribution in [-0.2, 0) is 17.8 Å². The minimum Gasteiger partial charge on any atom is -0.377 e. The molecule has 0 atom stereocenters. The number of ether oxygens (including phenoxy) is 1. The van der Waals surface area contributed by atoms with Gasteiger partial charge in [0.25, 0.3) is 0 Å². The highest BCUT2D eigenvalue weighted by atomic mass is 16.5. The van der Waals surface area contributed by atoms with Crippen molar-refractivity contribution in [3.05, 3.63) is 47.5 Å². The Morgan fingerprint density at radius 3 is 2.39 bits per heavy atom. The van der Waals surface area contributed by atoms with E-state index in [1.165, 1.54) is 56.1 Å². The van der Waals surface area contributed by atoms with Gasteiger partial charge in [-0.1, -0.05) is 49.8 Å². The first-order valence-corrected chi connectivity index (χ1v) is 9.60. The molecule has 1 aromatic rings. The Kier molecular flexibility index (Phi) is 8.46. The number of hydrogen-bond acceptors (Lipinski definition) is 1. The number of unbranched alkanes of at least 4 members (excludes halogenated alkanes) is 1. The van der Waals surface area contributed by atoms with E-state index in [2.05, 4.69) is 50.3 Å². The van der Waals surface area contributed by atoms with Gasteiger partial charge >= 0.3 is 0 Å². The van der Waals surface area contributed by atoms with Crippen molar-refractivity contribution < 1.29 is 4.74 Å². The van der Waals surface area contributed by atoms with Gasteiger partial charge in [0.05, 0.1) is 6.61 Å². The largest absolute Gasteiger partial charge is 0.377 e. The summed E-state index contributed by atoms with van der Waals surface area (Å²) in [6.07, 6.45) is 15.2. The van der Waals surface area contributed by atoms with E-state index in [4.69, 9.17) is 4.74 Å². The van der Waals surface area contributed by atoms with Crippen LogP contribution in [-0.4, -0.2) is 6.61 Å². The van der Waals surface area contributed by atoms with E-state index in [0.717, 1.165) is 31.5 Å². The van der Waals surface area contributed by atoms with E-state index in [9.17, 15) is 0 Å². The van der Waals surface area contributed by atoms with Gasteiger partial charge in [0.2, 0.25) is 0 Å².